The second kappa shape index (κ2) is 6.04. The number of rotatable bonds is 3. The van der Waals surface area contributed by atoms with Crippen molar-refractivity contribution in [1.29, 1.82) is 0 Å². The van der Waals surface area contributed by atoms with E-state index in [4.69, 9.17) is 0 Å². The van der Waals surface area contributed by atoms with Gasteiger partial charge in [-0.3, -0.25) is 4.79 Å². The number of benzene rings is 2. The van der Waals surface area contributed by atoms with E-state index in [-0.39, 0.29) is 16.1 Å². The van der Waals surface area contributed by atoms with Gasteiger partial charge in [0.25, 0.3) is 5.91 Å². The molecule has 0 spiro atoms. The van der Waals surface area contributed by atoms with Gasteiger partial charge in [0.2, 0.25) is 0 Å². The van der Waals surface area contributed by atoms with E-state index in [0.29, 0.717) is 0 Å². The molecular weight excluding hydrogens is 331 g/mol. The van der Waals surface area contributed by atoms with Gasteiger partial charge in [-0.1, -0.05) is 6.07 Å². The Bertz CT molecular complexity index is 828. The van der Waals surface area contributed by atoms with E-state index in [1.807, 2.05) is 0 Å². The van der Waals surface area contributed by atoms with Gasteiger partial charge in [0.1, 0.15) is 0 Å². The third kappa shape index (κ3) is 4.32. The molecule has 1 amide bonds. The number of carbonyl (C=O) groups excluding carboxylic acids is 1. The van der Waals surface area contributed by atoms with Crippen molar-refractivity contribution in [3.05, 3.63) is 59.7 Å². The zero-order valence-corrected chi connectivity index (χ0v) is 12.7. The molecule has 0 aliphatic rings. The van der Waals surface area contributed by atoms with Crippen LogP contribution in [0, 0.1) is 0 Å². The largest absolute Gasteiger partial charge is 0.416 e. The number of carbonyl (C=O) groups is 1. The number of hydrogen-bond acceptors (Lipinski definition) is 3. The Balaban J connectivity index is 2.20. The molecule has 0 aliphatic carbocycles. The number of anilines is 1. The van der Waals surface area contributed by atoms with Crippen LogP contribution in [-0.2, 0) is 16.0 Å². The van der Waals surface area contributed by atoms with Gasteiger partial charge in [0.05, 0.1) is 10.5 Å². The smallest absolute Gasteiger partial charge is 0.322 e. The second-order valence-electron chi connectivity index (χ2n) is 4.83. The van der Waals surface area contributed by atoms with Crippen molar-refractivity contribution < 1.29 is 26.4 Å². The average Bonchev–Trinajstić information content (AvgIpc) is 2.46. The zero-order valence-electron chi connectivity index (χ0n) is 11.9. The molecule has 8 heteroatoms. The molecule has 0 atom stereocenters. The van der Waals surface area contributed by atoms with E-state index in [1.54, 1.807) is 0 Å². The number of amides is 1. The zero-order chi connectivity index (χ0) is 17.3. The summed E-state index contributed by atoms with van der Waals surface area (Å²) in [4.78, 5) is 12.0. The van der Waals surface area contributed by atoms with Crippen LogP contribution in [0.5, 0.6) is 0 Å². The van der Waals surface area contributed by atoms with E-state index in [2.05, 4.69) is 5.32 Å². The fraction of sp³-hybridized carbons (Fsp3) is 0.133. The van der Waals surface area contributed by atoms with E-state index >= 15 is 0 Å². The Labute approximate surface area is 130 Å². The van der Waals surface area contributed by atoms with Crippen LogP contribution in [0.3, 0.4) is 0 Å². The second-order valence-corrected chi connectivity index (χ2v) is 6.84. The van der Waals surface area contributed by atoms with E-state index < -0.39 is 27.5 Å². The SMILES string of the molecule is CS(=O)(=O)c1cccc(NC(=O)c2ccc(C(F)(F)F)cc2)c1. The first kappa shape index (κ1) is 17.0. The molecule has 2 rings (SSSR count). The highest BCUT2D eigenvalue weighted by Crippen LogP contribution is 2.29. The third-order valence-electron chi connectivity index (χ3n) is 2.99. The van der Waals surface area contributed by atoms with Gasteiger partial charge >= 0.3 is 6.18 Å². The molecular formula is C15H12F3NO3S. The van der Waals surface area contributed by atoms with Crippen LogP contribution in [0.2, 0.25) is 0 Å². The summed E-state index contributed by atoms with van der Waals surface area (Å²) in [5, 5.41) is 2.44. The van der Waals surface area contributed by atoms with Crippen molar-refractivity contribution in [3.8, 4) is 0 Å². The summed E-state index contributed by atoms with van der Waals surface area (Å²) < 4.78 is 60.3. The summed E-state index contributed by atoms with van der Waals surface area (Å²) >= 11 is 0. The van der Waals surface area contributed by atoms with Crippen LogP contribution in [0.25, 0.3) is 0 Å². The maximum absolute atomic E-state index is 12.5. The van der Waals surface area contributed by atoms with Crippen molar-refractivity contribution in [2.75, 3.05) is 11.6 Å². The minimum Gasteiger partial charge on any atom is -0.322 e. The molecule has 0 saturated heterocycles. The summed E-state index contributed by atoms with van der Waals surface area (Å²) in [6, 6.07) is 9.32. The Morgan fingerprint density at radius 2 is 1.65 bits per heavy atom. The van der Waals surface area contributed by atoms with Crippen molar-refractivity contribution in [2.24, 2.45) is 0 Å². The van der Waals surface area contributed by atoms with Crippen LogP contribution < -0.4 is 5.32 Å². The minimum atomic E-state index is -4.47. The van der Waals surface area contributed by atoms with Crippen molar-refractivity contribution in [2.45, 2.75) is 11.1 Å². The van der Waals surface area contributed by atoms with Crippen molar-refractivity contribution in [3.63, 3.8) is 0 Å². The summed E-state index contributed by atoms with van der Waals surface area (Å²) in [7, 11) is -3.42. The number of alkyl halides is 3. The Hall–Kier alpha value is -2.35. The first-order valence-corrected chi connectivity index (χ1v) is 8.25. The predicted octanol–water partition coefficient (Wildman–Crippen LogP) is 3.36. The Morgan fingerprint density at radius 1 is 1.04 bits per heavy atom. The molecule has 2 aromatic rings. The highest BCUT2D eigenvalue weighted by Gasteiger charge is 2.30. The summed E-state index contributed by atoms with van der Waals surface area (Å²) in [6.45, 7) is 0. The van der Waals surface area contributed by atoms with Crippen molar-refractivity contribution in [1.82, 2.24) is 0 Å². The van der Waals surface area contributed by atoms with Gasteiger partial charge < -0.3 is 5.32 Å². The molecule has 4 nitrogen and oxygen atoms in total. The van der Waals surface area contributed by atoms with E-state index in [9.17, 15) is 26.4 Å². The molecule has 0 heterocycles. The normalized spacial score (nSPS) is 12.0. The lowest BCUT2D eigenvalue weighted by atomic mass is 10.1. The van der Waals surface area contributed by atoms with Crippen LogP contribution >= 0.6 is 0 Å². The minimum absolute atomic E-state index is 0.0303. The topological polar surface area (TPSA) is 63.2 Å². The van der Waals surface area contributed by atoms with E-state index in [0.717, 1.165) is 30.5 Å². The molecule has 0 bridgehead atoms. The maximum Gasteiger partial charge on any atom is 0.416 e. The molecule has 0 radical (unpaired) electrons. The molecule has 0 aliphatic heterocycles. The quantitative estimate of drug-likeness (QED) is 0.929. The van der Waals surface area contributed by atoms with E-state index in [1.165, 1.54) is 24.3 Å². The van der Waals surface area contributed by atoms with Gasteiger partial charge in [-0.25, -0.2) is 8.42 Å². The summed E-state index contributed by atoms with van der Waals surface area (Å²) in [5.74, 6) is -0.635. The fourth-order valence-corrected chi connectivity index (χ4v) is 2.49. The summed E-state index contributed by atoms with van der Waals surface area (Å²) in [5.41, 5.74) is -0.589. The molecule has 1 N–H and O–H groups in total. The molecule has 0 unspecified atom stereocenters. The van der Waals surface area contributed by atoms with Crippen LogP contribution in [0.1, 0.15) is 15.9 Å². The van der Waals surface area contributed by atoms with Crippen LogP contribution in [-0.4, -0.2) is 20.6 Å². The van der Waals surface area contributed by atoms with Crippen LogP contribution in [0.15, 0.2) is 53.4 Å². The van der Waals surface area contributed by atoms with Gasteiger partial charge in [-0.05, 0) is 42.5 Å². The maximum atomic E-state index is 12.5. The van der Waals surface area contributed by atoms with Crippen LogP contribution in [0.4, 0.5) is 18.9 Å². The Kier molecular flexibility index (Phi) is 4.46. The van der Waals surface area contributed by atoms with Gasteiger partial charge in [-0.2, -0.15) is 13.2 Å². The highest BCUT2D eigenvalue weighted by atomic mass is 32.2. The monoisotopic (exact) mass is 343 g/mol. The number of hydrogen-bond donors (Lipinski definition) is 1. The number of nitrogens with one attached hydrogen (secondary N) is 1. The first-order chi connectivity index (χ1) is 10.6. The van der Waals surface area contributed by atoms with Crippen molar-refractivity contribution >= 4 is 21.4 Å². The standard InChI is InChI=1S/C15H12F3NO3S/c1-23(21,22)13-4-2-3-12(9-13)19-14(20)10-5-7-11(8-6-10)15(16,17)18/h2-9H,1H3,(H,19,20). The van der Waals surface area contributed by atoms with Gasteiger partial charge in [0, 0.05) is 17.5 Å². The van der Waals surface area contributed by atoms with Gasteiger partial charge in [0.15, 0.2) is 9.84 Å². The first-order valence-electron chi connectivity index (χ1n) is 6.36. The number of halogens is 3. The third-order valence-corrected chi connectivity index (χ3v) is 4.10. The molecule has 0 saturated carbocycles. The molecule has 2 aromatic carbocycles. The molecule has 0 fully saturated rings. The summed E-state index contributed by atoms with van der Waals surface area (Å²) in [6.07, 6.45) is -3.44. The molecule has 0 aromatic heterocycles. The van der Waals surface area contributed by atoms with Gasteiger partial charge in [-0.15, -0.1) is 0 Å². The molecule has 122 valence electrons. The fourth-order valence-electron chi connectivity index (χ4n) is 1.82. The lowest BCUT2D eigenvalue weighted by Crippen LogP contribution is -2.13. The number of sulfone groups is 1. The lowest BCUT2D eigenvalue weighted by molar-refractivity contribution is -0.137. The lowest BCUT2D eigenvalue weighted by Gasteiger charge is -2.09. The average molecular weight is 343 g/mol. The highest BCUT2D eigenvalue weighted by molar-refractivity contribution is 7.90. The molecule has 23 heavy (non-hydrogen) atoms. The Morgan fingerprint density at radius 3 is 2.17 bits per heavy atom. The predicted molar refractivity (Wildman–Crippen MR) is 78.9 cm³/mol.